The van der Waals surface area contributed by atoms with Crippen LogP contribution in [0.1, 0.15) is 44.2 Å². The highest BCUT2D eigenvalue weighted by Crippen LogP contribution is 2.38. The van der Waals surface area contributed by atoms with Gasteiger partial charge in [-0.1, -0.05) is 19.1 Å². The Labute approximate surface area is 251 Å². The molecule has 3 aromatic rings. The van der Waals surface area contributed by atoms with Crippen LogP contribution in [0.3, 0.4) is 0 Å². The number of piperidine rings is 2. The van der Waals surface area contributed by atoms with Crippen LogP contribution in [0.15, 0.2) is 48.7 Å². The van der Waals surface area contributed by atoms with Crippen molar-refractivity contribution in [3.05, 3.63) is 65.9 Å². The van der Waals surface area contributed by atoms with Crippen LogP contribution >= 0.6 is 0 Å². The number of fused-ring (bicyclic) bond motifs is 2. The summed E-state index contributed by atoms with van der Waals surface area (Å²) in [7, 11) is 1.67. The number of likely N-dealkylation sites (N-methyl/N-ethyl adjacent to an activating group) is 1. The first-order valence-corrected chi connectivity index (χ1v) is 15.4. The number of piperazine rings is 1. The molecule has 3 unspecified atom stereocenters. The maximum absolute atomic E-state index is 14.6. The Kier molecular flexibility index (Phi) is 7.79. The minimum Gasteiger partial charge on any atom is -0.494 e. The van der Waals surface area contributed by atoms with E-state index in [9.17, 15) is 8.78 Å². The molecule has 5 saturated heterocycles. The van der Waals surface area contributed by atoms with Gasteiger partial charge in [-0.05, 0) is 50.1 Å². The van der Waals surface area contributed by atoms with E-state index in [1.54, 1.807) is 25.4 Å². The van der Waals surface area contributed by atoms with Gasteiger partial charge in [0.15, 0.2) is 11.6 Å². The van der Waals surface area contributed by atoms with Crippen LogP contribution < -0.4 is 20.0 Å². The molecular weight excluding hydrogens is 552 g/mol. The number of aromatic nitrogens is 2. The number of anilines is 4. The molecule has 6 heterocycles. The van der Waals surface area contributed by atoms with Crippen molar-refractivity contribution in [3.8, 4) is 5.75 Å². The standard InChI is InChI=1S/C32H39F2N7O2/c1-3-40-23-17-24(40)20-39(19-23)21-10-14-38(15-11-21)22-7-8-27(29(18-22)42-2)36-30-9-13-35-32(37-30)41-28(12-16-43-41)25-5-4-6-26(33)31(25)34/h4-9,13,18,21,23-24,28H,3,10-12,14-17,19-20H2,1-2H3,(H,35,36,37). The SMILES string of the molecule is CCN1C2CC1CN(C1CCN(c3ccc(Nc4ccnc(N5OCCC5c5cccc(F)c5F)n4)c(OC)c3)CC1)C2. The highest BCUT2D eigenvalue weighted by atomic mass is 19.2. The molecular formula is C32H39F2N7O2. The second-order valence-electron chi connectivity index (χ2n) is 11.9. The van der Waals surface area contributed by atoms with E-state index in [1.165, 1.54) is 50.0 Å². The first-order valence-electron chi connectivity index (χ1n) is 15.4. The smallest absolute Gasteiger partial charge is 0.252 e. The molecule has 5 aliphatic heterocycles. The van der Waals surface area contributed by atoms with E-state index in [4.69, 9.17) is 9.57 Å². The molecule has 1 N–H and O–H groups in total. The lowest BCUT2D eigenvalue weighted by atomic mass is 9.85. The molecule has 11 heteroatoms. The number of hydroxylamine groups is 1. The number of nitrogens with zero attached hydrogens (tertiary/aromatic N) is 6. The van der Waals surface area contributed by atoms with Crippen molar-refractivity contribution in [2.24, 2.45) is 0 Å². The summed E-state index contributed by atoms with van der Waals surface area (Å²) in [6.07, 6.45) is 5.83. The summed E-state index contributed by atoms with van der Waals surface area (Å²) in [5, 5.41) is 4.80. The van der Waals surface area contributed by atoms with Gasteiger partial charge < -0.3 is 15.0 Å². The lowest BCUT2D eigenvalue weighted by molar-refractivity contribution is -0.0812. The monoisotopic (exact) mass is 591 g/mol. The average Bonchev–Trinajstić information content (AvgIpc) is 3.53. The van der Waals surface area contributed by atoms with Crippen LogP contribution in [-0.4, -0.2) is 84.3 Å². The van der Waals surface area contributed by atoms with Crippen LogP contribution in [0.4, 0.5) is 31.9 Å². The van der Waals surface area contributed by atoms with Gasteiger partial charge in [0.2, 0.25) is 0 Å². The van der Waals surface area contributed by atoms with Gasteiger partial charge in [-0.15, -0.1) is 0 Å². The summed E-state index contributed by atoms with van der Waals surface area (Å²) in [4.78, 5) is 22.6. The van der Waals surface area contributed by atoms with Crippen molar-refractivity contribution >= 4 is 23.1 Å². The fourth-order valence-corrected chi connectivity index (χ4v) is 7.39. The third kappa shape index (κ3) is 5.38. The van der Waals surface area contributed by atoms with E-state index in [0.717, 1.165) is 42.6 Å². The van der Waals surface area contributed by atoms with Gasteiger partial charge >= 0.3 is 0 Å². The van der Waals surface area contributed by atoms with Crippen LogP contribution in [0.5, 0.6) is 5.75 Å². The van der Waals surface area contributed by atoms with Gasteiger partial charge in [-0.3, -0.25) is 14.6 Å². The maximum Gasteiger partial charge on any atom is 0.252 e. The molecule has 228 valence electrons. The quantitative estimate of drug-likeness (QED) is 0.384. The molecule has 2 bridgehead atoms. The van der Waals surface area contributed by atoms with Crippen molar-refractivity contribution in [1.29, 1.82) is 0 Å². The average molecular weight is 592 g/mol. The zero-order valence-corrected chi connectivity index (χ0v) is 24.8. The van der Waals surface area contributed by atoms with E-state index in [2.05, 4.69) is 49.0 Å². The lowest BCUT2D eigenvalue weighted by Gasteiger charge is -2.58. The molecule has 0 amide bonds. The highest BCUT2D eigenvalue weighted by Gasteiger charge is 2.45. The van der Waals surface area contributed by atoms with Gasteiger partial charge in [-0.25, -0.2) is 18.8 Å². The maximum atomic E-state index is 14.6. The second-order valence-corrected chi connectivity index (χ2v) is 11.9. The zero-order valence-electron chi connectivity index (χ0n) is 24.8. The number of rotatable bonds is 8. The van der Waals surface area contributed by atoms with Crippen molar-refractivity contribution in [3.63, 3.8) is 0 Å². The van der Waals surface area contributed by atoms with Crippen molar-refractivity contribution in [2.45, 2.75) is 56.8 Å². The minimum atomic E-state index is -0.887. The van der Waals surface area contributed by atoms with Crippen LogP contribution in [0, 0.1) is 11.6 Å². The minimum absolute atomic E-state index is 0.219. The van der Waals surface area contributed by atoms with E-state index >= 15 is 0 Å². The topological polar surface area (TPSA) is 69.2 Å². The molecule has 0 spiro atoms. The number of methoxy groups -OCH3 is 1. The van der Waals surface area contributed by atoms with Gasteiger partial charge in [0.25, 0.3) is 5.95 Å². The summed E-state index contributed by atoms with van der Waals surface area (Å²) in [6.45, 7) is 8.32. The summed E-state index contributed by atoms with van der Waals surface area (Å²) in [6, 6.07) is 13.8. The summed E-state index contributed by atoms with van der Waals surface area (Å²) in [5.74, 6) is -0.247. The Balaban J connectivity index is 1.01. The largest absolute Gasteiger partial charge is 0.494 e. The Bertz CT molecular complexity index is 1440. The Hall–Kier alpha value is -3.54. The predicted molar refractivity (Wildman–Crippen MR) is 162 cm³/mol. The van der Waals surface area contributed by atoms with E-state index in [-0.39, 0.29) is 11.5 Å². The third-order valence-electron chi connectivity index (χ3n) is 9.62. The highest BCUT2D eigenvalue weighted by molar-refractivity contribution is 5.69. The molecule has 1 aromatic heterocycles. The Morgan fingerprint density at radius 1 is 1.02 bits per heavy atom. The first kappa shape index (κ1) is 28.2. The molecule has 0 radical (unpaired) electrons. The van der Waals surface area contributed by atoms with E-state index in [0.29, 0.717) is 30.6 Å². The van der Waals surface area contributed by atoms with Gasteiger partial charge in [-0.2, -0.15) is 4.98 Å². The predicted octanol–water partition coefficient (Wildman–Crippen LogP) is 5.14. The third-order valence-corrected chi connectivity index (χ3v) is 9.62. The Morgan fingerprint density at radius 2 is 1.84 bits per heavy atom. The molecule has 3 atom stereocenters. The molecule has 43 heavy (non-hydrogen) atoms. The van der Waals surface area contributed by atoms with Gasteiger partial charge in [0.1, 0.15) is 11.6 Å². The fraction of sp³-hybridized carbons (Fsp3) is 0.500. The number of ether oxygens (including phenoxy) is 1. The number of benzene rings is 2. The zero-order chi connectivity index (χ0) is 29.5. The van der Waals surface area contributed by atoms with Crippen LogP contribution in [0.2, 0.25) is 0 Å². The first-order chi connectivity index (χ1) is 21.0. The van der Waals surface area contributed by atoms with Crippen molar-refractivity contribution in [1.82, 2.24) is 19.8 Å². The number of hydrogen-bond donors (Lipinski definition) is 1. The normalized spacial score (nSPS) is 24.7. The Morgan fingerprint density at radius 3 is 2.60 bits per heavy atom. The van der Waals surface area contributed by atoms with E-state index < -0.39 is 17.7 Å². The van der Waals surface area contributed by atoms with Gasteiger partial charge in [0.05, 0.1) is 25.4 Å². The molecule has 0 aliphatic carbocycles. The van der Waals surface area contributed by atoms with Crippen LogP contribution in [0.25, 0.3) is 0 Å². The molecule has 2 aromatic carbocycles. The molecule has 0 saturated carbocycles. The molecule has 8 rings (SSSR count). The molecule has 5 fully saturated rings. The van der Waals surface area contributed by atoms with E-state index in [1.807, 2.05) is 6.07 Å². The number of nitrogens with one attached hydrogen (secondary N) is 1. The van der Waals surface area contributed by atoms with Crippen molar-refractivity contribution < 1.29 is 18.4 Å². The molecule has 5 aliphatic rings. The summed E-state index contributed by atoms with van der Waals surface area (Å²) < 4.78 is 34.3. The fourth-order valence-electron chi connectivity index (χ4n) is 7.39. The summed E-state index contributed by atoms with van der Waals surface area (Å²) >= 11 is 0. The second kappa shape index (κ2) is 11.9. The lowest BCUT2D eigenvalue weighted by Crippen LogP contribution is -2.70. The van der Waals surface area contributed by atoms with Gasteiger partial charge in [0, 0.05) is 74.2 Å². The van der Waals surface area contributed by atoms with Crippen molar-refractivity contribution in [2.75, 3.05) is 61.7 Å². The number of hydrogen-bond acceptors (Lipinski definition) is 9. The van der Waals surface area contributed by atoms with Crippen LogP contribution in [-0.2, 0) is 4.84 Å². The summed E-state index contributed by atoms with van der Waals surface area (Å²) in [5.41, 5.74) is 2.14. The number of halogens is 2. The molecule has 9 nitrogen and oxygen atoms in total.